The summed E-state index contributed by atoms with van der Waals surface area (Å²) in [4.78, 5) is 24.6. The lowest BCUT2D eigenvalue weighted by atomic mass is 10.2. The normalized spacial score (nSPS) is 11.6. The van der Waals surface area contributed by atoms with E-state index in [0.29, 0.717) is 11.4 Å². The Hall–Kier alpha value is -2.47. The van der Waals surface area contributed by atoms with Crippen molar-refractivity contribution in [2.45, 2.75) is 13.8 Å². The molecule has 0 aliphatic carbocycles. The van der Waals surface area contributed by atoms with E-state index < -0.39 is 0 Å². The Bertz CT molecular complexity index is 1010. The molecule has 0 bridgehead atoms. The van der Waals surface area contributed by atoms with Gasteiger partial charge < -0.3 is 4.57 Å². The van der Waals surface area contributed by atoms with Gasteiger partial charge in [-0.1, -0.05) is 6.08 Å². The molecule has 3 rings (SSSR count). The molecule has 0 spiro atoms. The summed E-state index contributed by atoms with van der Waals surface area (Å²) in [6, 6.07) is 6.97. The highest BCUT2D eigenvalue weighted by Crippen LogP contribution is 2.25. The van der Waals surface area contributed by atoms with Gasteiger partial charge in [-0.2, -0.15) is 4.37 Å². The highest BCUT2D eigenvalue weighted by atomic mass is 32.1. The summed E-state index contributed by atoms with van der Waals surface area (Å²) in [6.45, 7) is 3.67. The van der Waals surface area contributed by atoms with Crippen LogP contribution in [0.15, 0.2) is 39.9 Å². The molecule has 0 atom stereocenters. The number of aromatic nitrogens is 3. The molecule has 1 aromatic carbocycles. The zero-order valence-corrected chi connectivity index (χ0v) is 13.3. The van der Waals surface area contributed by atoms with E-state index in [-0.39, 0.29) is 11.2 Å². The van der Waals surface area contributed by atoms with Crippen LogP contribution >= 0.6 is 11.5 Å². The highest BCUT2D eigenvalue weighted by Gasteiger charge is 2.11. The van der Waals surface area contributed by atoms with Crippen molar-refractivity contribution >= 4 is 27.7 Å². The first kappa shape index (κ1) is 14.5. The fourth-order valence-corrected chi connectivity index (χ4v) is 3.08. The van der Waals surface area contributed by atoms with E-state index in [2.05, 4.69) is 4.37 Å². The quantitative estimate of drug-likeness (QED) is 0.730. The standard InChI is InChI=1S/C16H15N3O2S/c1-4-5-13-12-9-11(6-7-14(12)22-17-13)19-15(20)8-10(2)18(3)16(19)21/h4-9H,1-3H3/b5-4+. The number of aryl methyl sites for hydroxylation is 1. The van der Waals surface area contributed by atoms with E-state index in [1.54, 1.807) is 20.0 Å². The molecule has 5 nitrogen and oxygen atoms in total. The second-order valence-electron chi connectivity index (χ2n) is 5.05. The number of allylic oxidation sites excluding steroid dienone is 1. The molecule has 22 heavy (non-hydrogen) atoms. The Morgan fingerprint density at radius 3 is 2.73 bits per heavy atom. The van der Waals surface area contributed by atoms with Crippen molar-refractivity contribution in [3.05, 3.63) is 62.6 Å². The van der Waals surface area contributed by atoms with Gasteiger partial charge in [0, 0.05) is 24.2 Å². The minimum atomic E-state index is -0.347. The molecule has 0 aliphatic rings. The number of nitrogens with zero attached hydrogens (tertiary/aromatic N) is 3. The van der Waals surface area contributed by atoms with E-state index in [0.717, 1.165) is 15.8 Å². The zero-order valence-electron chi connectivity index (χ0n) is 12.5. The molecule has 2 heterocycles. The first-order valence-electron chi connectivity index (χ1n) is 6.85. The van der Waals surface area contributed by atoms with E-state index in [1.807, 2.05) is 31.2 Å². The fraction of sp³-hybridized carbons (Fsp3) is 0.188. The van der Waals surface area contributed by atoms with E-state index >= 15 is 0 Å². The molecule has 2 aromatic heterocycles. The predicted octanol–water partition coefficient (Wildman–Crippen LogP) is 2.49. The third-order valence-corrected chi connectivity index (χ3v) is 4.46. The number of hydrogen-bond donors (Lipinski definition) is 0. The maximum absolute atomic E-state index is 12.4. The molecule has 0 unspecified atom stereocenters. The summed E-state index contributed by atoms with van der Waals surface area (Å²) in [7, 11) is 1.66. The number of hydrogen-bond acceptors (Lipinski definition) is 4. The van der Waals surface area contributed by atoms with Gasteiger partial charge in [0.25, 0.3) is 5.56 Å². The van der Waals surface area contributed by atoms with Crippen molar-refractivity contribution in [1.29, 1.82) is 0 Å². The van der Waals surface area contributed by atoms with Gasteiger partial charge in [-0.3, -0.25) is 4.79 Å². The molecule has 0 amide bonds. The SMILES string of the molecule is C/C=C/c1nsc2ccc(-n3c(=O)cc(C)n(C)c3=O)cc12. The highest BCUT2D eigenvalue weighted by molar-refractivity contribution is 7.13. The first-order chi connectivity index (χ1) is 10.5. The average molecular weight is 313 g/mol. The van der Waals surface area contributed by atoms with Gasteiger partial charge in [0.1, 0.15) is 0 Å². The van der Waals surface area contributed by atoms with Crippen LogP contribution in [0, 0.1) is 6.92 Å². The molecule has 0 fully saturated rings. The van der Waals surface area contributed by atoms with Crippen molar-refractivity contribution in [2.75, 3.05) is 0 Å². The first-order valence-corrected chi connectivity index (χ1v) is 7.62. The molecular formula is C16H15N3O2S. The molecule has 0 saturated heterocycles. The molecule has 0 saturated carbocycles. The van der Waals surface area contributed by atoms with Gasteiger partial charge in [0.2, 0.25) is 0 Å². The van der Waals surface area contributed by atoms with Crippen LogP contribution in [0.25, 0.3) is 21.8 Å². The lowest BCUT2D eigenvalue weighted by Crippen LogP contribution is -2.38. The van der Waals surface area contributed by atoms with Crippen molar-refractivity contribution in [2.24, 2.45) is 7.05 Å². The molecule has 112 valence electrons. The van der Waals surface area contributed by atoms with Crippen LogP contribution in [-0.2, 0) is 7.05 Å². The monoisotopic (exact) mass is 313 g/mol. The minimum Gasteiger partial charge on any atom is -0.301 e. The Balaban J connectivity index is 2.32. The van der Waals surface area contributed by atoms with Gasteiger partial charge >= 0.3 is 5.69 Å². The van der Waals surface area contributed by atoms with E-state index in [1.165, 1.54) is 26.7 Å². The fourth-order valence-electron chi connectivity index (χ4n) is 2.34. The van der Waals surface area contributed by atoms with Crippen LogP contribution in [0.5, 0.6) is 0 Å². The Labute approximate surface area is 130 Å². The maximum atomic E-state index is 12.4. The van der Waals surface area contributed by atoms with Gasteiger partial charge in [-0.25, -0.2) is 9.36 Å². The van der Waals surface area contributed by atoms with Crippen LogP contribution in [0.3, 0.4) is 0 Å². The lowest BCUT2D eigenvalue weighted by Gasteiger charge is -2.09. The molecule has 3 aromatic rings. The Morgan fingerprint density at radius 1 is 1.23 bits per heavy atom. The van der Waals surface area contributed by atoms with Crippen LogP contribution in [0.4, 0.5) is 0 Å². The largest absolute Gasteiger partial charge is 0.335 e. The average Bonchev–Trinajstić information content (AvgIpc) is 2.88. The van der Waals surface area contributed by atoms with Crippen molar-refractivity contribution in [3.63, 3.8) is 0 Å². The van der Waals surface area contributed by atoms with E-state index in [9.17, 15) is 9.59 Å². The minimum absolute atomic E-state index is 0.323. The van der Waals surface area contributed by atoms with Gasteiger partial charge in [0.05, 0.1) is 16.1 Å². The molecule has 0 aliphatic heterocycles. The van der Waals surface area contributed by atoms with Crippen LogP contribution in [0.2, 0.25) is 0 Å². The topological polar surface area (TPSA) is 56.9 Å². The summed E-state index contributed by atoms with van der Waals surface area (Å²) in [6.07, 6.45) is 3.83. The summed E-state index contributed by atoms with van der Waals surface area (Å²) >= 11 is 1.40. The number of fused-ring (bicyclic) bond motifs is 1. The lowest BCUT2D eigenvalue weighted by molar-refractivity contribution is 0.714. The Morgan fingerprint density at radius 2 is 2.00 bits per heavy atom. The van der Waals surface area contributed by atoms with Crippen LogP contribution in [0.1, 0.15) is 18.3 Å². The molecule has 0 N–H and O–H groups in total. The van der Waals surface area contributed by atoms with Crippen molar-refractivity contribution in [1.82, 2.24) is 13.5 Å². The second-order valence-corrected chi connectivity index (χ2v) is 5.85. The van der Waals surface area contributed by atoms with Gasteiger partial charge in [0.15, 0.2) is 0 Å². The number of benzene rings is 1. The smallest absolute Gasteiger partial charge is 0.301 e. The summed E-state index contributed by atoms with van der Waals surface area (Å²) in [5, 5.41) is 0.940. The molecule has 0 radical (unpaired) electrons. The predicted molar refractivity (Wildman–Crippen MR) is 89.9 cm³/mol. The van der Waals surface area contributed by atoms with E-state index in [4.69, 9.17) is 0 Å². The third-order valence-electron chi connectivity index (χ3n) is 3.62. The Kier molecular flexibility index (Phi) is 3.54. The number of rotatable bonds is 2. The van der Waals surface area contributed by atoms with Crippen LogP contribution in [-0.4, -0.2) is 13.5 Å². The van der Waals surface area contributed by atoms with Gasteiger partial charge in [-0.05, 0) is 49.7 Å². The summed E-state index contributed by atoms with van der Waals surface area (Å²) in [5.74, 6) is 0. The van der Waals surface area contributed by atoms with Crippen molar-refractivity contribution < 1.29 is 0 Å². The summed E-state index contributed by atoms with van der Waals surface area (Å²) < 4.78 is 8.05. The zero-order chi connectivity index (χ0) is 15.9. The molecular weight excluding hydrogens is 298 g/mol. The maximum Gasteiger partial charge on any atom is 0.335 e. The third kappa shape index (κ3) is 2.21. The van der Waals surface area contributed by atoms with Crippen molar-refractivity contribution in [3.8, 4) is 5.69 Å². The van der Waals surface area contributed by atoms with Crippen LogP contribution < -0.4 is 11.2 Å². The van der Waals surface area contributed by atoms with Gasteiger partial charge in [-0.15, -0.1) is 0 Å². The summed E-state index contributed by atoms with van der Waals surface area (Å²) in [5.41, 5.74) is 1.38. The second kappa shape index (κ2) is 5.38. The molecule has 6 heteroatoms.